The van der Waals surface area contributed by atoms with E-state index in [0.717, 1.165) is 11.8 Å². The molecule has 1 rings (SSSR count). The molecule has 0 spiro atoms. The predicted molar refractivity (Wildman–Crippen MR) is 58.6 cm³/mol. The summed E-state index contributed by atoms with van der Waals surface area (Å²) >= 11 is 6.33. The van der Waals surface area contributed by atoms with Crippen LogP contribution in [0.2, 0.25) is 0 Å². The van der Waals surface area contributed by atoms with Crippen LogP contribution in [0.4, 0.5) is 4.79 Å². The van der Waals surface area contributed by atoms with Crippen LogP contribution >= 0.6 is 49.0 Å². The third-order valence-electron chi connectivity index (χ3n) is 0.878. The molecular formula is C4H5I3NO2S-. The molecule has 0 bridgehead atoms. The summed E-state index contributed by atoms with van der Waals surface area (Å²) in [6, 6.07) is 0. The zero-order chi connectivity index (χ0) is 8.85. The minimum atomic E-state index is -0.234. The molecule has 1 saturated heterocycles. The quantitative estimate of drug-likeness (QED) is 0.431. The van der Waals surface area contributed by atoms with Gasteiger partial charge in [-0.2, -0.15) is 0 Å². The SMILES string of the molecule is CC1SC(=O)NC1=O.I[I-]I. The molecule has 7 heteroatoms. The summed E-state index contributed by atoms with van der Waals surface area (Å²) in [5.74, 6) is -0.181. The van der Waals surface area contributed by atoms with Crippen molar-refractivity contribution in [1.29, 1.82) is 0 Å². The van der Waals surface area contributed by atoms with Crippen molar-refractivity contribution in [1.82, 2.24) is 5.32 Å². The average Bonchev–Trinajstić information content (AvgIpc) is 2.12. The van der Waals surface area contributed by atoms with Crippen LogP contribution in [0.3, 0.4) is 0 Å². The number of halogens is 3. The molecule has 0 aromatic carbocycles. The molecule has 1 N–H and O–H groups in total. The van der Waals surface area contributed by atoms with Crippen LogP contribution in [0.1, 0.15) is 6.92 Å². The van der Waals surface area contributed by atoms with Gasteiger partial charge in [-0.25, -0.2) is 0 Å². The molecule has 3 nitrogen and oxygen atoms in total. The molecule has 1 aliphatic heterocycles. The van der Waals surface area contributed by atoms with E-state index in [0.29, 0.717) is 13.3 Å². The molecule has 2 amide bonds. The van der Waals surface area contributed by atoms with E-state index in [9.17, 15) is 9.59 Å². The molecule has 0 aliphatic carbocycles. The van der Waals surface area contributed by atoms with Crippen molar-refractivity contribution in [2.75, 3.05) is 0 Å². The van der Waals surface area contributed by atoms with Crippen LogP contribution in [-0.2, 0) is 4.79 Å². The van der Waals surface area contributed by atoms with E-state index in [-0.39, 0.29) is 16.4 Å². The van der Waals surface area contributed by atoms with E-state index in [1.165, 1.54) is 0 Å². The number of hydrogen-bond acceptors (Lipinski definition) is 3. The van der Waals surface area contributed by atoms with Crippen molar-refractivity contribution in [3.8, 4) is 0 Å². The van der Waals surface area contributed by atoms with Crippen molar-refractivity contribution in [3.63, 3.8) is 0 Å². The Hall–Kier alpha value is 1.68. The van der Waals surface area contributed by atoms with Crippen LogP contribution in [0.15, 0.2) is 0 Å². The van der Waals surface area contributed by atoms with E-state index >= 15 is 0 Å². The van der Waals surface area contributed by atoms with Crippen LogP contribution in [0.25, 0.3) is 0 Å². The second kappa shape index (κ2) is 7.12. The van der Waals surface area contributed by atoms with Crippen LogP contribution in [0.5, 0.6) is 0 Å². The first-order chi connectivity index (χ1) is 5.11. The van der Waals surface area contributed by atoms with E-state index in [4.69, 9.17) is 0 Å². The van der Waals surface area contributed by atoms with Crippen molar-refractivity contribution in [2.45, 2.75) is 12.2 Å². The van der Waals surface area contributed by atoms with Crippen LogP contribution < -0.4 is 18.6 Å². The molecule has 0 radical (unpaired) electrons. The third kappa shape index (κ3) is 5.85. The Morgan fingerprint density at radius 3 is 2.09 bits per heavy atom. The summed E-state index contributed by atoms with van der Waals surface area (Å²) < 4.78 is 0. The Balaban J connectivity index is 0.000000292. The molecule has 66 valence electrons. The van der Waals surface area contributed by atoms with Gasteiger partial charge >= 0.3 is 50.5 Å². The van der Waals surface area contributed by atoms with Gasteiger partial charge in [-0.05, 0) is 6.92 Å². The first kappa shape index (κ1) is 12.7. The molecular weight excluding hydrogens is 507 g/mol. The molecule has 0 aromatic heterocycles. The van der Waals surface area contributed by atoms with Crippen molar-refractivity contribution < 1.29 is 22.8 Å². The normalized spacial score (nSPS) is 22.6. The fourth-order valence-corrected chi connectivity index (χ4v) is 1.09. The van der Waals surface area contributed by atoms with Gasteiger partial charge in [0.2, 0.25) is 5.91 Å². The Kier molecular flexibility index (Phi) is 8.21. The minimum absolute atomic E-state index is 0.181. The summed E-state index contributed by atoms with van der Waals surface area (Å²) in [5, 5.41) is 1.73. The predicted octanol–water partition coefficient (Wildman–Crippen LogP) is -0.867. The van der Waals surface area contributed by atoms with E-state index < -0.39 is 0 Å². The molecule has 1 aliphatic rings. The molecule has 0 aromatic rings. The molecule has 1 unspecified atom stereocenters. The maximum absolute atomic E-state index is 10.4. The monoisotopic (exact) mass is 512 g/mol. The fourth-order valence-electron chi connectivity index (χ4n) is 0.446. The Morgan fingerprint density at radius 2 is 2.00 bits per heavy atom. The van der Waals surface area contributed by atoms with Crippen LogP contribution in [0, 0.1) is 0 Å². The van der Waals surface area contributed by atoms with Crippen molar-refractivity contribution >= 4 is 60.1 Å². The van der Waals surface area contributed by atoms with Gasteiger partial charge in [-0.15, -0.1) is 0 Å². The number of thioether (sulfide) groups is 1. The van der Waals surface area contributed by atoms with E-state index in [1.54, 1.807) is 6.92 Å². The number of hydrogen-bond donors (Lipinski definition) is 1. The summed E-state index contributed by atoms with van der Waals surface area (Å²) in [5.41, 5.74) is 0. The number of carbonyl (C=O) groups is 2. The van der Waals surface area contributed by atoms with Gasteiger partial charge in [0, 0.05) is 0 Å². The zero-order valence-corrected chi connectivity index (χ0v) is 12.7. The fraction of sp³-hybridized carbons (Fsp3) is 0.500. The topological polar surface area (TPSA) is 46.2 Å². The van der Waals surface area contributed by atoms with Crippen molar-refractivity contribution in [2.24, 2.45) is 0 Å². The molecule has 11 heavy (non-hydrogen) atoms. The Morgan fingerprint density at radius 1 is 1.55 bits per heavy atom. The first-order valence-electron chi connectivity index (χ1n) is 2.50. The van der Waals surface area contributed by atoms with Gasteiger partial charge in [-0.1, -0.05) is 11.8 Å². The first-order valence-corrected chi connectivity index (χ1v) is 16.0. The second-order valence-corrected chi connectivity index (χ2v) is 19.1. The zero-order valence-electron chi connectivity index (χ0n) is 5.44. The summed E-state index contributed by atoms with van der Waals surface area (Å²) in [6.07, 6.45) is 0. The van der Waals surface area contributed by atoms with Crippen molar-refractivity contribution in [3.05, 3.63) is 0 Å². The second-order valence-electron chi connectivity index (χ2n) is 1.59. The third-order valence-corrected chi connectivity index (χ3v) is 1.76. The van der Waals surface area contributed by atoms with E-state index in [1.807, 2.05) is 0 Å². The number of amides is 2. The number of nitrogens with one attached hydrogen (secondary N) is 1. The standard InChI is InChI=1S/C4H5NO2S.I3/c1-2-3(6)5-4(7)8-2;1-3-2/h2H,1H3,(H,5,6,7);/q;-1. The summed E-state index contributed by atoms with van der Waals surface area (Å²) in [4.78, 5) is 20.7. The van der Waals surface area contributed by atoms with Gasteiger partial charge < -0.3 is 0 Å². The Bertz CT molecular complexity index is 165. The van der Waals surface area contributed by atoms with Crippen LogP contribution in [-0.4, -0.2) is 16.4 Å². The molecule has 1 heterocycles. The number of rotatable bonds is 0. The van der Waals surface area contributed by atoms with E-state index in [2.05, 4.69) is 42.5 Å². The maximum atomic E-state index is 10.4. The summed E-state index contributed by atoms with van der Waals surface area (Å²) in [6.45, 7) is 1.70. The molecule has 1 atom stereocenters. The number of imide groups is 1. The van der Waals surface area contributed by atoms with Gasteiger partial charge in [0.15, 0.2) is 0 Å². The number of carbonyl (C=O) groups excluding carboxylic acids is 2. The average molecular weight is 512 g/mol. The van der Waals surface area contributed by atoms with Gasteiger partial charge in [-0.3, -0.25) is 14.9 Å². The Labute approximate surface area is 98.8 Å². The van der Waals surface area contributed by atoms with Gasteiger partial charge in [0.1, 0.15) is 0 Å². The van der Waals surface area contributed by atoms with Gasteiger partial charge in [0.05, 0.1) is 5.25 Å². The van der Waals surface area contributed by atoms with Gasteiger partial charge in [0.25, 0.3) is 5.24 Å². The summed E-state index contributed by atoms with van der Waals surface area (Å²) in [7, 11) is 0. The molecule has 1 fully saturated rings. The molecule has 0 saturated carbocycles.